The second-order valence-corrected chi connectivity index (χ2v) is 3.11. The van der Waals surface area contributed by atoms with Crippen molar-refractivity contribution in [2.75, 3.05) is 0 Å². The van der Waals surface area contributed by atoms with Crippen LogP contribution in [0.15, 0.2) is 24.3 Å². The van der Waals surface area contributed by atoms with Crippen molar-refractivity contribution >= 4 is 21.8 Å². The van der Waals surface area contributed by atoms with Crippen molar-refractivity contribution < 1.29 is 110 Å². The largest absolute Gasteiger partial charge is 1.00 e. The molecule has 0 unspecified atom stereocenters. The van der Waals surface area contributed by atoms with Gasteiger partial charge in [0, 0.05) is 0 Å². The first kappa shape index (κ1) is 32.2. The molecule has 1 N–H and O–H groups in total. The van der Waals surface area contributed by atoms with Crippen LogP contribution in [-0.4, -0.2) is 26.9 Å². The van der Waals surface area contributed by atoms with E-state index in [0.717, 1.165) is 0 Å². The summed E-state index contributed by atoms with van der Waals surface area (Å²) in [5.74, 6) is 0.0417. The Balaban J connectivity index is -0.0000000771. The summed E-state index contributed by atoms with van der Waals surface area (Å²) in [7, 11) is -18.0. The molecule has 0 aliphatic carbocycles. The molecule has 0 heterocycles. The summed E-state index contributed by atoms with van der Waals surface area (Å²) >= 11 is 0. The molecule has 1 aromatic rings. The molecule has 1 rings (SSSR count). The monoisotopic (exact) mass is 420 g/mol. The molecule has 0 atom stereocenters. The van der Waals surface area contributed by atoms with Crippen molar-refractivity contribution in [1.29, 1.82) is 5.26 Å². The van der Waals surface area contributed by atoms with Crippen molar-refractivity contribution in [1.82, 2.24) is 0 Å². The third kappa shape index (κ3) is 69.5. The van der Waals surface area contributed by atoms with Gasteiger partial charge in [-0.25, -0.2) is 0 Å². The zero-order valence-corrected chi connectivity index (χ0v) is 15.1. The molecule has 0 saturated heterocycles. The number of nitriles is 1. The minimum absolute atomic E-state index is 0. The van der Waals surface area contributed by atoms with Gasteiger partial charge in [0.15, 0.2) is 0 Å². The van der Waals surface area contributed by atoms with Crippen molar-refractivity contribution in [2.24, 2.45) is 0 Å². The predicted octanol–water partition coefficient (Wildman–Crippen LogP) is 2.28. The van der Waals surface area contributed by atoms with Crippen molar-refractivity contribution in [3.63, 3.8) is 0 Å². The van der Waals surface area contributed by atoms with E-state index in [1.54, 1.807) is 18.2 Å². The van der Waals surface area contributed by atoms with Gasteiger partial charge in [0.05, 0.1) is 5.56 Å². The topological polar surface area (TPSA) is 44.0 Å². The van der Waals surface area contributed by atoms with Crippen LogP contribution in [0.5, 0.6) is 5.75 Å². The maximum absolute atomic E-state index is 9.75. The van der Waals surface area contributed by atoms with Gasteiger partial charge in [0.25, 0.3) is 0 Å². The summed E-state index contributed by atoms with van der Waals surface area (Å²) in [6.45, 7) is 0. The van der Waals surface area contributed by atoms with E-state index in [2.05, 4.69) is 0 Å². The number of nitrogens with zero attached hydrogens (tertiary/aromatic N) is 1. The summed E-state index contributed by atoms with van der Waals surface area (Å²) in [6.07, 6.45) is 0. The fourth-order valence-electron chi connectivity index (χ4n) is 0.568. The van der Waals surface area contributed by atoms with Crippen LogP contribution in [0.25, 0.3) is 0 Å². The van der Waals surface area contributed by atoms with Gasteiger partial charge in [-0.2, -0.15) is 5.26 Å². The quantitative estimate of drug-likeness (QED) is 0.518. The standard InChI is InChI=1S/C7H5NO.3BF4.K.H/c8-5-6-3-1-2-4-7(6)9;3*2-1(3,4)5;;/h1-4,9H;;;;;/q;3*-1;+1;-1. The van der Waals surface area contributed by atoms with Gasteiger partial charge in [-0.05, 0) is 12.1 Å². The third-order valence-corrected chi connectivity index (χ3v) is 1.02. The first-order valence-corrected chi connectivity index (χ1v) is 5.14. The van der Waals surface area contributed by atoms with Gasteiger partial charge in [-0.15, -0.1) is 0 Å². The van der Waals surface area contributed by atoms with E-state index in [1.807, 2.05) is 6.07 Å². The van der Waals surface area contributed by atoms with Crippen LogP contribution in [0.1, 0.15) is 6.99 Å². The van der Waals surface area contributed by atoms with E-state index in [9.17, 15) is 51.8 Å². The van der Waals surface area contributed by atoms with Crippen LogP contribution < -0.4 is 51.4 Å². The van der Waals surface area contributed by atoms with Crippen LogP contribution in [0.2, 0.25) is 0 Å². The Morgan fingerprint density at radius 3 is 1.12 bits per heavy atom. The van der Waals surface area contributed by atoms with E-state index in [0.29, 0.717) is 5.56 Å². The van der Waals surface area contributed by atoms with Gasteiger partial charge < -0.3 is 58.3 Å². The fraction of sp³-hybridized carbons (Fsp3) is 0. The summed E-state index contributed by atoms with van der Waals surface area (Å²) in [5, 5.41) is 17.2. The number of aromatic hydroxyl groups is 1. The van der Waals surface area contributed by atoms with Crippen LogP contribution in [0.4, 0.5) is 51.8 Å². The SMILES string of the molecule is F[B-](F)(F)F.F[B-](F)(F)F.F[B-](F)(F)F.N#Cc1ccccc1O.[H-].[K+]. The molecule has 0 aromatic heterocycles. The molecule has 0 aliphatic rings. The smallest absolute Gasteiger partial charge is 1.00 e. The molecule has 0 aliphatic heterocycles. The van der Waals surface area contributed by atoms with Crippen LogP contribution >= 0.6 is 0 Å². The molecular weight excluding hydrogens is 414 g/mol. The number of halogens is 12. The minimum atomic E-state index is -6.00. The fourth-order valence-corrected chi connectivity index (χ4v) is 0.568. The molecule has 25 heavy (non-hydrogen) atoms. The van der Waals surface area contributed by atoms with Crippen molar-refractivity contribution in [2.45, 2.75) is 0 Å². The Morgan fingerprint density at radius 2 is 0.960 bits per heavy atom. The molecular formula is C7H6B3F12KNO-3. The van der Waals surface area contributed by atoms with E-state index in [1.165, 1.54) is 6.07 Å². The maximum atomic E-state index is 9.75. The number of rotatable bonds is 0. The zero-order valence-electron chi connectivity index (χ0n) is 13.0. The van der Waals surface area contributed by atoms with Crippen LogP contribution in [0, 0.1) is 11.3 Å². The predicted molar refractivity (Wildman–Crippen MR) is 64.5 cm³/mol. The van der Waals surface area contributed by atoms with Crippen molar-refractivity contribution in [3.05, 3.63) is 29.8 Å². The van der Waals surface area contributed by atoms with Gasteiger partial charge in [-0.3, -0.25) is 0 Å². The van der Waals surface area contributed by atoms with E-state index >= 15 is 0 Å². The van der Waals surface area contributed by atoms with Gasteiger partial charge in [0.1, 0.15) is 11.8 Å². The molecule has 0 spiro atoms. The Hall–Kier alpha value is -0.499. The minimum Gasteiger partial charge on any atom is -1.00 e. The van der Waals surface area contributed by atoms with E-state index in [-0.39, 0.29) is 58.6 Å². The summed E-state index contributed by atoms with van der Waals surface area (Å²) in [5.41, 5.74) is 0.317. The Morgan fingerprint density at radius 1 is 0.720 bits per heavy atom. The third-order valence-electron chi connectivity index (χ3n) is 1.02. The second-order valence-electron chi connectivity index (χ2n) is 3.11. The molecule has 18 heteroatoms. The van der Waals surface area contributed by atoms with Gasteiger partial charge in [0.2, 0.25) is 0 Å². The molecule has 2 nitrogen and oxygen atoms in total. The molecule has 0 radical (unpaired) electrons. The molecule has 0 saturated carbocycles. The first-order valence-electron chi connectivity index (χ1n) is 5.14. The summed E-state index contributed by atoms with van der Waals surface area (Å²) in [6, 6.07) is 8.28. The number of phenolic OH excluding ortho intramolecular Hbond substituents is 1. The molecule has 0 amide bonds. The average Bonchev–Trinajstić information content (AvgIpc) is 2.22. The van der Waals surface area contributed by atoms with Gasteiger partial charge >= 0.3 is 73.1 Å². The number of hydrogen-bond acceptors (Lipinski definition) is 2. The maximum Gasteiger partial charge on any atom is 1.00 e. The molecule has 142 valence electrons. The number of phenols is 1. The van der Waals surface area contributed by atoms with E-state index in [4.69, 9.17) is 10.4 Å². The Labute approximate surface area is 177 Å². The van der Waals surface area contributed by atoms with Crippen LogP contribution in [-0.2, 0) is 0 Å². The van der Waals surface area contributed by atoms with E-state index < -0.39 is 21.8 Å². The van der Waals surface area contributed by atoms with Crippen molar-refractivity contribution in [3.8, 4) is 11.8 Å². The van der Waals surface area contributed by atoms with Crippen LogP contribution in [0.3, 0.4) is 0 Å². The zero-order chi connectivity index (χ0) is 20.2. The molecule has 0 bridgehead atoms. The normalized spacial score (nSPS) is 10.2. The second kappa shape index (κ2) is 14.6. The molecule has 1 aromatic carbocycles. The Kier molecular flexibility index (Phi) is 18.9. The number of benzene rings is 1. The average molecular weight is 420 g/mol. The Bertz CT molecular complexity index is 459. The molecule has 0 fully saturated rings. The first-order chi connectivity index (χ1) is 10.3. The summed E-state index contributed by atoms with van der Waals surface area (Å²) in [4.78, 5) is 0. The summed E-state index contributed by atoms with van der Waals surface area (Å²) < 4.78 is 117. The van der Waals surface area contributed by atoms with Gasteiger partial charge in [-0.1, -0.05) is 12.1 Å². The number of para-hydroxylation sites is 1. The number of hydrogen-bond donors (Lipinski definition) is 1.